The fourth-order valence-corrected chi connectivity index (χ4v) is 1.16. The minimum Gasteiger partial charge on any atom is -0.472 e. The molecule has 3 nitrogen and oxygen atoms in total. The Labute approximate surface area is 97.8 Å². The SMILES string of the molecule is CC(C)(C)Oc1nc(C(F)(F)F)ccc1CN. The van der Waals surface area contributed by atoms with Crippen LogP contribution in [0.3, 0.4) is 0 Å². The molecule has 0 unspecified atom stereocenters. The maximum absolute atomic E-state index is 12.5. The number of hydrogen-bond donors (Lipinski definition) is 1. The van der Waals surface area contributed by atoms with Crippen LogP contribution in [0.5, 0.6) is 5.88 Å². The van der Waals surface area contributed by atoms with E-state index in [1.54, 1.807) is 20.8 Å². The minimum absolute atomic E-state index is 0.0603. The number of alkyl halides is 3. The van der Waals surface area contributed by atoms with Gasteiger partial charge in [-0.3, -0.25) is 0 Å². The Bertz CT molecular complexity index is 397. The standard InChI is InChI=1S/C11H15F3N2O/c1-10(2,3)17-9-7(6-15)4-5-8(16-9)11(12,13)14/h4-5H,6,15H2,1-3H3. The Morgan fingerprint density at radius 2 is 1.82 bits per heavy atom. The van der Waals surface area contributed by atoms with Crippen LogP contribution in [0.2, 0.25) is 0 Å². The molecule has 0 aliphatic heterocycles. The average Bonchev–Trinajstić information content (AvgIpc) is 2.13. The molecular formula is C11H15F3N2O. The summed E-state index contributed by atoms with van der Waals surface area (Å²) in [6.45, 7) is 5.27. The lowest BCUT2D eigenvalue weighted by atomic mass is 10.2. The van der Waals surface area contributed by atoms with Gasteiger partial charge < -0.3 is 10.5 Å². The van der Waals surface area contributed by atoms with Crippen LogP contribution in [0.1, 0.15) is 32.0 Å². The highest BCUT2D eigenvalue weighted by Crippen LogP contribution is 2.31. The van der Waals surface area contributed by atoms with Gasteiger partial charge in [0.15, 0.2) is 0 Å². The van der Waals surface area contributed by atoms with Crippen LogP contribution in [0.4, 0.5) is 13.2 Å². The van der Waals surface area contributed by atoms with E-state index in [-0.39, 0.29) is 12.4 Å². The molecule has 96 valence electrons. The zero-order valence-corrected chi connectivity index (χ0v) is 9.93. The van der Waals surface area contributed by atoms with E-state index in [2.05, 4.69) is 4.98 Å². The predicted octanol–water partition coefficient (Wildman–Crippen LogP) is 2.74. The van der Waals surface area contributed by atoms with Gasteiger partial charge in [0.2, 0.25) is 5.88 Å². The second-order valence-electron chi connectivity index (χ2n) is 4.58. The van der Waals surface area contributed by atoms with Crippen molar-refractivity contribution in [1.29, 1.82) is 0 Å². The smallest absolute Gasteiger partial charge is 0.433 e. The summed E-state index contributed by atoms with van der Waals surface area (Å²) in [7, 11) is 0. The van der Waals surface area contributed by atoms with Crippen molar-refractivity contribution in [2.24, 2.45) is 5.73 Å². The van der Waals surface area contributed by atoms with Crippen LogP contribution in [-0.2, 0) is 12.7 Å². The van der Waals surface area contributed by atoms with E-state index in [9.17, 15) is 13.2 Å². The van der Waals surface area contributed by atoms with Crippen LogP contribution in [0, 0.1) is 0 Å². The van der Waals surface area contributed by atoms with Gasteiger partial charge in [0.25, 0.3) is 0 Å². The Morgan fingerprint density at radius 1 is 1.24 bits per heavy atom. The van der Waals surface area contributed by atoms with Gasteiger partial charge in [-0.2, -0.15) is 13.2 Å². The van der Waals surface area contributed by atoms with Gasteiger partial charge in [-0.1, -0.05) is 6.07 Å². The minimum atomic E-state index is -4.48. The molecule has 0 aromatic carbocycles. The molecule has 0 aliphatic rings. The lowest BCUT2D eigenvalue weighted by Gasteiger charge is -2.22. The van der Waals surface area contributed by atoms with Crippen LogP contribution in [0.15, 0.2) is 12.1 Å². The average molecular weight is 248 g/mol. The van der Waals surface area contributed by atoms with E-state index in [1.165, 1.54) is 6.07 Å². The number of nitrogens with zero attached hydrogens (tertiary/aromatic N) is 1. The molecule has 2 N–H and O–H groups in total. The maximum Gasteiger partial charge on any atom is 0.433 e. The third-order valence-electron chi connectivity index (χ3n) is 1.85. The van der Waals surface area contributed by atoms with Crippen LogP contribution < -0.4 is 10.5 Å². The van der Waals surface area contributed by atoms with Gasteiger partial charge in [-0.05, 0) is 26.8 Å². The van der Waals surface area contributed by atoms with Gasteiger partial charge in [-0.15, -0.1) is 0 Å². The Kier molecular flexibility index (Phi) is 3.66. The van der Waals surface area contributed by atoms with Crippen molar-refractivity contribution in [2.45, 2.75) is 39.1 Å². The fraction of sp³-hybridized carbons (Fsp3) is 0.545. The summed E-state index contributed by atoms with van der Waals surface area (Å²) in [5.41, 5.74) is 4.28. The van der Waals surface area contributed by atoms with E-state index in [4.69, 9.17) is 10.5 Å². The molecule has 0 saturated heterocycles. The molecule has 17 heavy (non-hydrogen) atoms. The second kappa shape index (κ2) is 4.52. The second-order valence-corrected chi connectivity index (χ2v) is 4.58. The Balaban J connectivity index is 3.16. The van der Waals surface area contributed by atoms with Gasteiger partial charge >= 0.3 is 6.18 Å². The topological polar surface area (TPSA) is 48.1 Å². The summed E-state index contributed by atoms with van der Waals surface area (Å²) in [5, 5.41) is 0. The molecule has 0 radical (unpaired) electrons. The summed E-state index contributed by atoms with van der Waals surface area (Å²) >= 11 is 0. The van der Waals surface area contributed by atoms with E-state index in [0.717, 1.165) is 6.07 Å². The van der Waals surface area contributed by atoms with E-state index in [0.29, 0.717) is 5.56 Å². The zero-order valence-electron chi connectivity index (χ0n) is 9.93. The molecule has 0 aliphatic carbocycles. The van der Waals surface area contributed by atoms with Crippen molar-refractivity contribution in [2.75, 3.05) is 0 Å². The van der Waals surface area contributed by atoms with Gasteiger partial charge in [0, 0.05) is 12.1 Å². The van der Waals surface area contributed by atoms with Gasteiger partial charge in [0.1, 0.15) is 11.3 Å². The third-order valence-corrected chi connectivity index (χ3v) is 1.85. The van der Waals surface area contributed by atoms with Gasteiger partial charge in [-0.25, -0.2) is 4.98 Å². The first kappa shape index (κ1) is 13.8. The lowest BCUT2D eigenvalue weighted by Crippen LogP contribution is -2.25. The first-order valence-corrected chi connectivity index (χ1v) is 5.09. The van der Waals surface area contributed by atoms with Crippen molar-refractivity contribution in [1.82, 2.24) is 4.98 Å². The van der Waals surface area contributed by atoms with Crippen molar-refractivity contribution in [3.05, 3.63) is 23.4 Å². The molecule has 0 amide bonds. The van der Waals surface area contributed by atoms with E-state index >= 15 is 0 Å². The molecule has 1 aromatic heterocycles. The van der Waals surface area contributed by atoms with Crippen LogP contribution in [0.25, 0.3) is 0 Å². The summed E-state index contributed by atoms with van der Waals surface area (Å²) in [6, 6.07) is 2.19. The normalized spacial score (nSPS) is 12.6. The molecule has 1 heterocycles. The van der Waals surface area contributed by atoms with Gasteiger partial charge in [0.05, 0.1) is 0 Å². The van der Waals surface area contributed by atoms with Crippen molar-refractivity contribution >= 4 is 0 Å². The number of rotatable bonds is 2. The summed E-state index contributed by atoms with van der Waals surface area (Å²) in [6.07, 6.45) is -4.48. The molecule has 1 rings (SSSR count). The van der Waals surface area contributed by atoms with Crippen molar-refractivity contribution in [3.8, 4) is 5.88 Å². The number of pyridine rings is 1. The van der Waals surface area contributed by atoms with E-state index in [1.807, 2.05) is 0 Å². The molecule has 1 aromatic rings. The third kappa shape index (κ3) is 3.89. The maximum atomic E-state index is 12.5. The number of aromatic nitrogens is 1. The highest BCUT2D eigenvalue weighted by molar-refractivity contribution is 5.29. The van der Waals surface area contributed by atoms with Crippen molar-refractivity contribution < 1.29 is 17.9 Å². The van der Waals surface area contributed by atoms with Crippen LogP contribution in [-0.4, -0.2) is 10.6 Å². The first-order valence-electron chi connectivity index (χ1n) is 5.09. The Morgan fingerprint density at radius 3 is 2.24 bits per heavy atom. The van der Waals surface area contributed by atoms with E-state index < -0.39 is 17.5 Å². The lowest BCUT2D eigenvalue weighted by molar-refractivity contribution is -0.141. The highest BCUT2D eigenvalue weighted by Gasteiger charge is 2.33. The van der Waals surface area contributed by atoms with Crippen LogP contribution >= 0.6 is 0 Å². The highest BCUT2D eigenvalue weighted by atomic mass is 19.4. The molecule has 0 fully saturated rings. The predicted molar refractivity (Wildman–Crippen MR) is 57.5 cm³/mol. The summed E-state index contributed by atoms with van der Waals surface area (Å²) in [5.74, 6) is -0.0603. The molecular weight excluding hydrogens is 233 g/mol. The fourth-order valence-electron chi connectivity index (χ4n) is 1.16. The monoisotopic (exact) mass is 248 g/mol. The number of ether oxygens (including phenoxy) is 1. The number of hydrogen-bond acceptors (Lipinski definition) is 3. The molecule has 0 spiro atoms. The largest absolute Gasteiger partial charge is 0.472 e. The Hall–Kier alpha value is -1.30. The first-order chi connectivity index (χ1) is 7.63. The quantitative estimate of drug-likeness (QED) is 0.875. The molecule has 0 saturated carbocycles. The van der Waals surface area contributed by atoms with Crippen molar-refractivity contribution in [3.63, 3.8) is 0 Å². The zero-order chi connectivity index (χ0) is 13.3. The summed E-state index contributed by atoms with van der Waals surface area (Å²) < 4.78 is 42.8. The number of halogens is 3. The molecule has 0 bridgehead atoms. The number of nitrogens with two attached hydrogens (primary N) is 1. The summed E-state index contributed by atoms with van der Waals surface area (Å²) in [4.78, 5) is 3.47. The molecule has 0 atom stereocenters. The molecule has 6 heteroatoms.